The number of aryl methyl sites for hydroxylation is 2. The monoisotopic (exact) mass is 351 g/mol. The van der Waals surface area contributed by atoms with Crippen molar-refractivity contribution < 1.29 is 14.3 Å². The minimum absolute atomic E-state index is 0.216. The molecular formula is C20H21N3O3. The number of para-hydroxylation sites is 1. The fraction of sp³-hybridized carbons (Fsp3) is 0.250. The summed E-state index contributed by atoms with van der Waals surface area (Å²) >= 11 is 0. The van der Waals surface area contributed by atoms with Gasteiger partial charge in [-0.15, -0.1) is 0 Å². The van der Waals surface area contributed by atoms with Crippen molar-refractivity contribution in [2.24, 2.45) is 7.05 Å². The highest BCUT2D eigenvalue weighted by Crippen LogP contribution is 2.23. The van der Waals surface area contributed by atoms with Crippen LogP contribution in [0.4, 0.5) is 5.69 Å². The number of hydrogen-bond acceptors (Lipinski definition) is 4. The lowest BCUT2D eigenvalue weighted by atomic mass is 10.1. The van der Waals surface area contributed by atoms with E-state index in [-0.39, 0.29) is 12.5 Å². The Labute approximate surface area is 152 Å². The van der Waals surface area contributed by atoms with Crippen LogP contribution in [0.5, 0.6) is 0 Å². The second-order valence-electron chi connectivity index (χ2n) is 6.02. The molecule has 0 bridgehead atoms. The molecule has 3 rings (SSSR count). The van der Waals surface area contributed by atoms with Crippen molar-refractivity contribution in [3.63, 3.8) is 0 Å². The average molecular weight is 351 g/mol. The number of anilines is 1. The van der Waals surface area contributed by atoms with Gasteiger partial charge < -0.3 is 14.2 Å². The van der Waals surface area contributed by atoms with Crippen molar-refractivity contribution in [1.82, 2.24) is 9.55 Å². The van der Waals surface area contributed by atoms with Crippen molar-refractivity contribution in [1.29, 1.82) is 0 Å². The van der Waals surface area contributed by atoms with Crippen LogP contribution in [0.15, 0.2) is 42.5 Å². The molecule has 0 fully saturated rings. The number of benzene rings is 2. The molecule has 0 N–H and O–H groups in total. The van der Waals surface area contributed by atoms with Gasteiger partial charge in [0.2, 0.25) is 0 Å². The predicted octanol–water partition coefficient (Wildman–Crippen LogP) is 3.34. The van der Waals surface area contributed by atoms with Gasteiger partial charge in [0.15, 0.2) is 0 Å². The van der Waals surface area contributed by atoms with Gasteiger partial charge in [-0.1, -0.05) is 12.1 Å². The molecule has 0 radical (unpaired) electrons. The normalized spacial score (nSPS) is 10.8. The zero-order chi connectivity index (χ0) is 18.8. The van der Waals surface area contributed by atoms with Crippen LogP contribution in [-0.2, 0) is 11.8 Å². The lowest BCUT2D eigenvalue weighted by Crippen LogP contribution is -2.28. The number of carbonyl (C=O) groups is 2. The Morgan fingerprint density at radius 2 is 1.92 bits per heavy atom. The van der Waals surface area contributed by atoms with Crippen LogP contribution >= 0.6 is 0 Å². The summed E-state index contributed by atoms with van der Waals surface area (Å²) in [6, 6.07) is 12.3. The summed E-state index contributed by atoms with van der Waals surface area (Å²) in [7, 11) is 3.59. The van der Waals surface area contributed by atoms with Gasteiger partial charge in [-0.05, 0) is 44.2 Å². The highest BCUT2D eigenvalue weighted by Gasteiger charge is 2.21. The molecule has 0 aliphatic carbocycles. The van der Waals surface area contributed by atoms with Gasteiger partial charge in [0.25, 0.3) is 5.91 Å². The quantitative estimate of drug-likeness (QED) is 0.676. The largest absolute Gasteiger partial charge is 0.462 e. The topological polar surface area (TPSA) is 64.4 Å². The van der Waals surface area contributed by atoms with E-state index in [4.69, 9.17) is 4.74 Å². The summed E-state index contributed by atoms with van der Waals surface area (Å²) in [6.07, 6.45) is 0. The number of esters is 1. The number of aromatic nitrogens is 2. The molecule has 0 saturated heterocycles. The van der Waals surface area contributed by atoms with Crippen molar-refractivity contribution in [2.45, 2.75) is 13.8 Å². The van der Waals surface area contributed by atoms with E-state index in [1.165, 1.54) is 4.90 Å². The molecule has 0 atom stereocenters. The second-order valence-corrected chi connectivity index (χ2v) is 6.02. The first-order valence-corrected chi connectivity index (χ1v) is 8.41. The van der Waals surface area contributed by atoms with E-state index in [0.29, 0.717) is 16.8 Å². The standard InChI is InChI=1S/C20H21N3O3/c1-5-26-20(25)15-8-6-7-9-17(15)23(4)19(24)14-10-11-18-16(12-14)21-13(2)22(18)3/h6-12H,5H2,1-4H3. The molecule has 1 heterocycles. The highest BCUT2D eigenvalue weighted by atomic mass is 16.5. The van der Waals surface area contributed by atoms with Gasteiger partial charge >= 0.3 is 5.97 Å². The molecule has 0 aliphatic rings. The number of fused-ring (bicyclic) bond motifs is 1. The van der Waals surface area contributed by atoms with E-state index >= 15 is 0 Å². The number of imidazole rings is 1. The summed E-state index contributed by atoms with van der Waals surface area (Å²) in [6.45, 7) is 3.95. The first-order chi connectivity index (χ1) is 12.4. The van der Waals surface area contributed by atoms with Crippen LogP contribution in [0.3, 0.4) is 0 Å². The zero-order valence-electron chi connectivity index (χ0n) is 15.3. The molecule has 0 aliphatic heterocycles. The number of nitrogens with zero attached hydrogens (tertiary/aromatic N) is 3. The van der Waals surface area contributed by atoms with E-state index in [9.17, 15) is 9.59 Å². The fourth-order valence-corrected chi connectivity index (χ4v) is 2.90. The molecule has 0 saturated carbocycles. The summed E-state index contributed by atoms with van der Waals surface area (Å²) in [5.74, 6) is 0.219. The molecule has 6 heteroatoms. The van der Waals surface area contributed by atoms with Crippen molar-refractivity contribution >= 4 is 28.6 Å². The predicted molar refractivity (Wildman–Crippen MR) is 101 cm³/mol. The van der Waals surface area contributed by atoms with E-state index in [1.54, 1.807) is 50.4 Å². The Morgan fingerprint density at radius 3 is 2.65 bits per heavy atom. The van der Waals surface area contributed by atoms with E-state index in [0.717, 1.165) is 16.9 Å². The molecule has 134 valence electrons. The van der Waals surface area contributed by atoms with Gasteiger partial charge in [-0.3, -0.25) is 4.79 Å². The number of carbonyl (C=O) groups excluding carboxylic acids is 2. The van der Waals surface area contributed by atoms with Crippen LogP contribution in [0.25, 0.3) is 11.0 Å². The van der Waals surface area contributed by atoms with Gasteiger partial charge in [-0.25, -0.2) is 9.78 Å². The van der Waals surface area contributed by atoms with Crippen molar-refractivity contribution in [2.75, 3.05) is 18.6 Å². The first-order valence-electron chi connectivity index (χ1n) is 8.41. The fourth-order valence-electron chi connectivity index (χ4n) is 2.90. The third kappa shape index (κ3) is 3.06. The number of rotatable bonds is 4. The molecule has 26 heavy (non-hydrogen) atoms. The minimum Gasteiger partial charge on any atom is -0.462 e. The van der Waals surface area contributed by atoms with E-state index in [1.807, 2.05) is 24.6 Å². The van der Waals surface area contributed by atoms with Crippen LogP contribution in [0.2, 0.25) is 0 Å². The highest BCUT2D eigenvalue weighted by molar-refractivity contribution is 6.10. The Morgan fingerprint density at radius 1 is 1.19 bits per heavy atom. The zero-order valence-corrected chi connectivity index (χ0v) is 15.3. The molecule has 1 aromatic heterocycles. The molecule has 0 unspecified atom stereocenters. The van der Waals surface area contributed by atoms with E-state index < -0.39 is 5.97 Å². The maximum absolute atomic E-state index is 13.0. The third-order valence-electron chi connectivity index (χ3n) is 4.42. The van der Waals surface area contributed by atoms with Crippen LogP contribution < -0.4 is 4.90 Å². The van der Waals surface area contributed by atoms with Crippen LogP contribution in [-0.4, -0.2) is 35.1 Å². The minimum atomic E-state index is -0.446. The molecular weight excluding hydrogens is 330 g/mol. The Balaban J connectivity index is 1.97. The summed E-state index contributed by atoms with van der Waals surface area (Å²) in [5, 5.41) is 0. The summed E-state index contributed by atoms with van der Waals surface area (Å²) in [4.78, 5) is 31.1. The van der Waals surface area contributed by atoms with Crippen LogP contribution in [0.1, 0.15) is 33.5 Å². The Kier molecular flexibility index (Phi) is 4.75. The molecule has 6 nitrogen and oxygen atoms in total. The lowest BCUT2D eigenvalue weighted by Gasteiger charge is -2.20. The van der Waals surface area contributed by atoms with Gasteiger partial charge in [0, 0.05) is 19.7 Å². The van der Waals surface area contributed by atoms with Gasteiger partial charge in [0.1, 0.15) is 5.82 Å². The maximum Gasteiger partial charge on any atom is 0.340 e. The smallest absolute Gasteiger partial charge is 0.340 e. The summed E-state index contributed by atoms with van der Waals surface area (Å²) in [5.41, 5.74) is 3.11. The van der Waals surface area contributed by atoms with Crippen molar-refractivity contribution in [3.8, 4) is 0 Å². The average Bonchev–Trinajstić information content (AvgIpc) is 2.94. The molecule has 2 aromatic carbocycles. The van der Waals surface area contributed by atoms with Crippen LogP contribution in [0, 0.1) is 6.92 Å². The number of amides is 1. The number of ether oxygens (including phenoxy) is 1. The third-order valence-corrected chi connectivity index (χ3v) is 4.42. The van der Waals surface area contributed by atoms with Crippen molar-refractivity contribution in [3.05, 3.63) is 59.4 Å². The lowest BCUT2D eigenvalue weighted by molar-refractivity contribution is 0.0527. The first kappa shape index (κ1) is 17.7. The SMILES string of the molecule is CCOC(=O)c1ccccc1N(C)C(=O)c1ccc2c(c1)nc(C)n2C. The molecule has 3 aromatic rings. The Hall–Kier alpha value is -3.15. The molecule has 1 amide bonds. The maximum atomic E-state index is 13.0. The van der Waals surface area contributed by atoms with E-state index in [2.05, 4.69) is 4.98 Å². The van der Waals surface area contributed by atoms with Gasteiger partial charge in [0.05, 0.1) is 28.9 Å². The second kappa shape index (κ2) is 7.00. The summed E-state index contributed by atoms with van der Waals surface area (Å²) < 4.78 is 7.06. The Bertz CT molecular complexity index is 991. The number of hydrogen-bond donors (Lipinski definition) is 0. The molecule has 0 spiro atoms. The van der Waals surface area contributed by atoms with Gasteiger partial charge in [-0.2, -0.15) is 0 Å².